The lowest BCUT2D eigenvalue weighted by molar-refractivity contribution is 0.275. The van der Waals surface area contributed by atoms with Gasteiger partial charge in [0.05, 0.1) is 12.0 Å². The van der Waals surface area contributed by atoms with Crippen molar-refractivity contribution in [2.24, 2.45) is 0 Å². The van der Waals surface area contributed by atoms with Gasteiger partial charge in [-0.1, -0.05) is 25.5 Å². The Hall–Kier alpha value is -1.33. The first-order valence-corrected chi connectivity index (χ1v) is 8.75. The van der Waals surface area contributed by atoms with E-state index in [0.29, 0.717) is 17.2 Å². The molecule has 0 aromatic heterocycles. The summed E-state index contributed by atoms with van der Waals surface area (Å²) in [5.74, 6) is 0.655. The third-order valence-electron chi connectivity index (χ3n) is 3.91. The average Bonchev–Trinajstić information content (AvgIpc) is 2.49. The van der Waals surface area contributed by atoms with Gasteiger partial charge in [0.1, 0.15) is 5.75 Å². The van der Waals surface area contributed by atoms with Crippen LogP contribution in [-0.4, -0.2) is 32.4 Å². The van der Waals surface area contributed by atoms with E-state index < -0.39 is 10.0 Å². The number of methoxy groups -OCH3 is 1. The molecule has 0 amide bonds. The minimum Gasteiger partial charge on any atom is -0.497 e. The average molecular weight is 309 g/mol. The molecule has 2 rings (SSSR count). The minimum atomic E-state index is -3.47. The fourth-order valence-electron chi connectivity index (χ4n) is 2.73. The molecule has 1 aliphatic rings. The van der Waals surface area contributed by atoms with Crippen molar-refractivity contribution >= 4 is 10.0 Å². The smallest absolute Gasteiger partial charge is 0.243 e. The van der Waals surface area contributed by atoms with E-state index in [4.69, 9.17) is 4.74 Å². The molecule has 1 heterocycles. The second-order valence-electron chi connectivity index (χ2n) is 5.46. The van der Waals surface area contributed by atoms with E-state index in [0.717, 1.165) is 31.3 Å². The first-order valence-electron chi connectivity index (χ1n) is 7.31. The Labute approximate surface area is 127 Å². The molecular weight excluding hydrogens is 286 g/mol. The van der Waals surface area contributed by atoms with Crippen molar-refractivity contribution < 1.29 is 13.2 Å². The van der Waals surface area contributed by atoms with Crippen LogP contribution in [-0.2, 0) is 10.0 Å². The highest BCUT2D eigenvalue weighted by molar-refractivity contribution is 7.89. The van der Waals surface area contributed by atoms with Gasteiger partial charge in [0.25, 0.3) is 0 Å². The van der Waals surface area contributed by atoms with Gasteiger partial charge in [0.2, 0.25) is 10.0 Å². The monoisotopic (exact) mass is 309 g/mol. The van der Waals surface area contributed by atoms with E-state index in [1.807, 2.05) is 0 Å². The Balaban J connectivity index is 2.31. The first-order chi connectivity index (χ1) is 9.98. The number of ether oxygens (including phenoxy) is 1. The van der Waals surface area contributed by atoms with Gasteiger partial charge < -0.3 is 4.74 Å². The third-order valence-corrected chi connectivity index (χ3v) is 5.82. The highest BCUT2D eigenvalue weighted by Gasteiger charge is 2.34. The first kappa shape index (κ1) is 16.0. The number of nitrogens with zero attached hydrogens (tertiary/aromatic N) is 1. The normalized spacial score (nSPS) is 20.5. The number of hydrogen-bond donors (Lipinski definition) is 0. The Morgan fingerprint density at radius 3 is 2.57 bits per heavy atom. The van der Waals surface area contributed by atoms with Gasteiger partial charge in [0.15, 0.2) is 0 Å². The Bertz CT molecular complexity index is 592. The summed E-state index contributed by atoms with van der Waals surface area (Å²) < 4.78 is 32.4. The van der Waals surface area contributed by atoms with E-state index in [-0.39, 0.29) is 6.04 Å². The van der Waals surface area contributed by atoms with Crippen LogP contribution in [0.5, 0.6) is 5.75 Å². The van der Waals surface area contributed by atoms with E-state index in [1.54, 1.807) is 35.7 Å². The molecule has 1 aliphatic heterocycles. The summed E-state index contributed by atoms with van der Waals surface area (Å²) in [5.41, 5.74) is 0.986. The molecule has 1 aromatic carbocycles. The maximum atomic E-state index is 12.9. The summed E-state index contributed by atoms with van der Waals surface area (Å²) in [4.78, 5) is 0.319. The maximum Gasteiger partial charge on any atom is 0.243 e. The van der Waals surface area contributed by atoms with E-state index in [2.05, 4.69) is 13.5 Å². The van der Waals surface area contributed by atoms with Crippen LogP contribution in [0.1, 0.15) is 32.6 Å². The van der Waals surface area contributed by atoms with Crippen LogP contribution in [0.25, 0.3) is 0 Å². The van der Waals surface area contributed by atoms with Crippen LogP contribution in [0.15, 0.2) is 41.3 Å². The molecule has 21 heavy (non-hydrogen) atoms. The van der Waals surface area contributed by atoms with Crippen LogP contribution < -0.4 is 4.74 Å². The number of piperidine rings is 1. The van der Waals surface area contributed by atoms with Crippen molar-refractivity contribution in [3.05, 3.63) is 36.4 Å². The molecule has 0 N–H and O–H groups in total. The predicted octanol–water partition coefficient (Wildman–Crippen LogP) is 3.20. The van der Waals surface area contributed by atoms with Crippen LogP contribution in [0, 0.1) is 0 Å². The molecule has 0 radical (unpaired) electrons. The topological polar surface area (TPSA) is 46.6 Å². The van der Waals surface area contributed by atoms with Crippen molar-refractivity contribution in [3.63, 3.8) is 0 Å². The number of rotatable bonds is 5. The Morgan fingerprint density at radius 1 is 1.33 bits per heavy atom. The SMILES string of the molecule is C=C1CC[C@@H](CCC)N(S(=O)(=O)c2ccc(OC)cc2)C1. The fourth-order valence-corrected chi connectivity index (χ4v) is 4.44. The molecule has 0 bridgehead atoms. The number of benzene rings is 1. The minimum absolute atomic E-state index is 0.0765. The van der Waals surface area contributed by atoms with Gasteiger partial charge >= 0.3 is 0 Å². The van der Waals surface area contributed by atoms with Crippen molar-refractivity contribution in [3.8, 4) is 5.75 Å². The van der Waals surface area contributed by atoms with E-state index >= 15 is 0 Å². The van der Waals surface area contributed by atoms with Crippen LogP contribution in [0.4, 0.5) is 0 Å². The quantitative estimate of drug-likeness (QED) is 0.785. The molecule has 0 saturated carbocycles. The summed E-state index contributed by atoms with van der Waals surface area (Å²) in [6.07, 6.45) is 3.65. The largest absolute Gasteiger partial charge is 0.497 e. The fraction of sp³-hybridized carbons (Fsp3) is 0.500. The Kier molecular flexibility index (Phi) is 5.06. The number of sulfonamides is 1. The van der Waals surface area contributed by atoms with E-state index in [9.17, 15) is 8.42 Å². The van der Waals surface area contributed by atoms with Crippen molar-refractivity contribution in [2.45, 2.75) is 43.5 Å². The molecule has 0 spiro atoms. The zero-order valence-electron chi connectivity index (χ0n) is 12.7. The lowest BCUT2D eigenvalue weighted by Gasteiger charge is -2.35. The van der Waals surface area contributed by atoms with Crippen molar-refractivity contribution in [2.75, 3.05) is 13.7 Å². The van der Waals surface area contributed by atoms with Gasteiger partial charge in [-0.2, -0.15) is 4.31 Å². The standard InChI is InChI=1S/C16H23NO3S/c1-4-5-14-7-6-13(2)12-17(14)21(18,19)16-10-8-15(20-3)9-11-16/h8-11,14H,2,4-7,12H2,1,3H3/t14-/m1/s1. The van der Waals surface area contributed by atoms with Gasteiger partial charge in [-0.15, -0.1) is 0 Å². The zero-order valence-corrected chi connectivity index (χ0v) is 13.5. The van der Waals surface area contributed by atoms with Crippen molar-refractivity contribution in [1.82, 2.24) is 4.31 Å². The summed E-state index contributed by atoms with van der Waals surface area (Å²) in [6, 6.07) is 6.65. The highest BCUT2D eigenvalue weighted by Crippen LogP contribution is 2.30. The molecule has 116 valence electrons. The van der Waals surface area contributed by atoms with E-state index in [1.165, 1.54) is 0 Å². The molecular formula is C16H23NO3S. The molecule has 1 fully saturated rings. The van der Waals surface area contributed by atoms with Crippen LogP contribution in [0.3, 0.4) is 0 Å². The third kappa shape index (κ3) is 3.47. The summed E-state index contributed by atoms with van der Waals surface area (Å²) in [6.45, 7) is 6.48. The molecule has 1 aromatic rings. The molecule has 1 saturated heterocycles. The van der Waals surface area contributed by atoms with Crippen molar-refractivity contribution in [1.29, 1.82) is 0 Å². The van der Waals surface area contributed by atoms with Gasteiger partial charge in [-0.3, -0.25) is 0 Å². The lowest BCUT2D eigenvalue weighted by Crippen LogP contribution is -2.44. The Morgan fingerprint density at radius 2 is 2.00 bits per heavy atom. The molecule has 4 nitrogen and oxygen atoms in total. The van der Waals surface area contributed by atoms with Crippen LogP contribution >= 0.6 is 0 Å². The summed E-state index contributed by atoms with van der Waals surface area (Å²) in [7, 11) is -1.91. The molecule has 1 atom stereocenters. The summed E-state index contributed by atoms with van der Waals surface area (Å²) >= 11 is 0. The summed E-state index contributed by atoms with van der Waals surface area (Å²) in [5, 5.41) is 0. The second-order valence-corrected chi connectivity index (χ2v) is 7.35. The van der Waals surface area contributed by atoms with Gasteiger partial charge in [-0.25, -0.2) is 8.42 Å². The predicted molar refractivity (Wildman–Crippen MR) is 84.0 cm³/mol. The second kappa shape index (κ2) is 6.62. The highest BCUT2D eigenvalue weighted by atomic mass is 32.2. The van der Waals surface area contributed by atoms with Gasteiger partial charge in [0, 0.05) is 12.6 Å². The molecule has 0 aliphatic carbocycles. The lowest BCUT2D eigenvalue weighted by atomic mass is 9.98. The zero-order chi connectivity index (χ0) is 15.5. The van der Waals surface area contributed by atoms with Gasteiger partial charge in [-0.05, 0) is 43.5 Å². The molecule has 0 unspecified atom stereocenters. The molecule has 5 heteroatoms. The number of hydrogen-bond acceptors (Lipinski definition) is 3. The van der Waals surface area contributed by atoms with Crippen LogP contribution in [0.2, 0.25) is 0 Å². The maximum absolute atomic E-state index is 12.9.